The number of halogens is 2. The predicted octanol–water partition coefficient (Wildman–Crippen LogP) is 5.41. The zero-order valence-corrected chi connectivity index (χ0v) is 15.8. The summed E-state index contributed by atoms with van der Waals surface area (Å²) < 4.78 is 8.33. The molecule has 112 valence electrons. The third-order valence-electron chi connectivity index (χ3n) is 3.46. The minimum absolute atomic E-state index is 0.620. The van der Waals surface area contributed by atoms with E-state index in [1.807, 2.05) is 0 Å². The highest BCUT2D eigenvalue weighted by molar-refractivity contribution is 9.10. The molecule has 5 heteroatoms. The van der Waals surface area contributed by atoms with Gasteiger partial charge in [-0.1, -0.05) is 15.9 Å². The first-order valence-electron chi connectivity index (χ1n) is 7.00. The zero-order valence-electron chi connectivity index (χ0n) is 11.8. The first kappa shape index (κ1) is 15.5. The highest BCUT2D eigenvalue weighted by atomic mass is 79.9. The van der Waals surface area contributed by atoms with Gasteiger partial charge in [-0.3, -0.25) is 0 Å². The van der Waals surface area contributed by atoms with E-state index in [9.17, 15) is 0 Å². The van der Waals surface area contributed by atoms with Crippen LogP contribution >= 0.6 is 43.2 Å². The molecular formula is C16H17Br2NOS. The molecule has 2 nitrogen and oxygen atoms in total. The van der Waals surface area contributed by atoms with Crippen LogP contribution in [0.5, 0.6) is 5.75 Å². The fourth-order valence-electron chi connectivity index (χ4n) is 2.25. The Hall–Kier alpha value is -0.360. The van der Waals surface area contributed by atoms with Crippen molar-refractivity contribution >= 4 is 43.2 Å². The van der Waals surface area contributed by atoms with E-state index in [-0.39, 0.29) is 0 Å². The maximum Gasteiger partial charge on any atom is 0.127 e. The molecule has 2 aromatic rings. The van der Waals surface area contributed by atoms with Crippen LogP contribution in [0.4, 0.5) is 0 Å². The number of rotatable bonds is 6. The Labute approximate surface area is 146 Å². The standard InChI is InChI=1S/C16H17Br2NOS/c1-10-4-12(17)5-11(7-19-14-2-3-14)16(10)20-8-15-6-13(18)9-21-15/h4-6,9,14,19H,2-3,7-8H2,1H3. The molecule has 1 aromatic heterocycles. The molecule has 1 N–H and O–H groups in total. The van der Waals surface area contributed by atoms with Crippen molar-refractivity contribution in [3.63, 3.8) is 0 Å². The van der Waals surface area contributed by atoms with Crippen LogP contribution in [-0.2, 0) is 13.2 Å². The molecule has 0 spiro atoms. The lowest BCUT2D eigenvalue weighted by Crippen LogP contribution is -2.16. The fraction of sp³-hybridized carbons (Fsp3) is 0.375. The molecule has 0 atom stereocenters. The SMILES string of the molecule is Cc1cc(Br)cc(CNC2CC2)c1OCc1cc(Br)cs1. The highest BCUT2D eigenvalue weighted by Crippen LogP contribution is 2.31. The largest absolute Gasteiger partial charge is 0.487 e. The molecule has 0 saturated heterocycles. The maximum atomic E-state index is 6.10. The van der Waals surface area contributed by atoms with E-state index in [4.69, 9.17) is 4.74 Å². The summed E-state index contributed by atoms with van der Waals surface area (Å²) in [6, 6.07) is 7.08. The molecule has 1 fully saturated rings. The van der Waals surface area contributed by atoms with Gasteiger partial charge in [-0.15, -0.1) is 11.3 Å². The summed E-state index contributed by atoms with van der Waals surface area (Å²) in [6.07, 6.45) is 2.60. The lowest BCUT2D eigenvalue weighted by molar-refractivity contribution is 0.303. The van der Waals surface area contributed by atoms with Gasteiger partial charge in [-0.2, -0.15) is 0 Å². The van der Waals surface area contributed by atoms with Crippen molar-refractivity contribution in [3.05, 3.63) is 48.5 Å². The number of aryl methyl sites for hydroxylation is 1. The average Bonchev–Trinajstić information content (AvgIpc) is 3.17. The molecule has 1 saturated carbocycles. The summed E-state index contributed by atoms with van der Waals surface area (Å²) in [4.78, 5) is 1.23. The summed E-state index contributed by atoms with van der Waals surface area (Å²) >= 11 is 8.78. The monoisotopic (exact) mass is 429 g/mol. The van der Waals surface area contributed by atoms with Crippen LogP contribution in [0.1, 0.15) is 28.8 Å². The van der Waals surface area contributed by atoms with Crippen molar-refractivity contribution in [1.82, 2.24) is 5.32 Å². The highest BCUT2D eigenvalue weighted by Gasteiger charge is 2.21. The Kier molecular flexibility index (Phi) is 5.04. The van der Waals surface area contributed by atoms with E-state index in [0.717, 1.165) is 21.2 Å². The van der Waals surface area contributed by atoms with Crippen molar-refractivity contribution in [2.24, 2.45) is 0 Å². The molecule has 0 aliphatic heterocycles. The van der Waals surface area contributed by atoms with E-state index in [1.165, 1.54) is 28.8 Å². The Balaban J connectivity index is 1.74. The second kappa shape index (κ2) is 6.82. The number of ether oxygens (including phenoxy) is 1. The van der Waals surface area contributed by atoms with Gasteiger partial charge in [-0.05, 0) is 59.5 Å². The molecule has 0 radical (unpaired) electrons. The molecular weight excluding hydrogens is 414 g/mol. The quantitative estimate of drug-likeness (QED) is 0.661. The molecule has 21 heavy (non-hydrogen) atoms. The van der Waals surface area contributed by atoms with E-state index in [2.05, 4.69) is 67.7 Å². The summed E-state index contributed by atoms with van der Waals surface area (Å²) in [5.41, 5.74) is 2.40. The van der Waals surface area contributed by atoms with Gasteiger partial charge in [0.1, 0.15) is 12.4 Å². The van der Waals surface area contributed by atoms with E-state index >= 15 is 0 Å². The summed E-state index contributed by atoms with van der Waals surface area (Å²) in [5, 5.41) is 5.65. The number of benzene rings is 1. The van der Waals surface area contributed by atoms with Gasteiger partial charge in [0.05, 0.1) is 0 Å². The predicted molar refractivity (Wildman–Crippen MR) is 95.1 cm³/mol. The second-order valence-electron chi connectivity index (χ2n) is 5.39. The summed E-state index contributed by atoms with van der Waals surface area (Å²) in [7, 11) is 0. The van der Waals surface area contributed by atoms with Crippen LogP contribution in [0, 0.1) is 6.92 Å². The fourth-order valence-corrected chi connectivity index (χ4v) is 4.23. The van der Waals surface area contributed by atoms with Gasteiger partial charge >= 0.3 is 0 Å². The smallest absolute Gasteiger partial charge is 0.127 e. The van der Waals surface area contributed by atoms with Gasteiger partial charge in [0, 0.05) is 37.4 Å². The van der Waals surface area contributed by atoms with Crippen LogP contribution in [0.15, 0.2) is 32.5 Å². The minimum Gasteiger partial charge on any atom is -0.487 e. The molecule has 1 aromatic carbocycles. The number of hydrogen-bond donors (Lipinski definition) is 1. The van der Waals surface area contributed by atoms with E-state index in [0.29, 0.717) is 12.6 Å². The van der Waals surface area contributed by atoms with Crippen LogP contribution in [0.25, 0.3) is 0 Å². The topological polar surface area (TPSA) is 21.3 Å². The van der Waals surface area contributed by atoms with Gasteiger partial charge in [0.25, 0.3) is 0 Å². The van der Waals surface area contributed by atoms with E-state index < -0.39 is 0 Å². The van der Waals surface area contributed by atoms with E-state index in [1.54, 1.807) is 11.3 Å². The zero-order chi connectivity index (χ0) is 14.8. The molecule has 3 rings (SSSR count). The summed E-state index contributed by atoms with van der Waals surface area (Å²) in [5.74, 6) is 1.01. The third-order valence-corrected chi connectivity index (χ3v) is 5.58. The van der Waals surface area contributed by atoms with Crippen molar-refractivity contribution in [3.8, 4) is 5.75 Å². The van der Waals surface area contributed by atoms with Crippen LogP contribution in [0.2, 0.25) is 0 Å². The Bertz CT molecular complexity index is 637. The molecule has 0 bridgehead atoms. The van der Waals surface area contributed by atoms with Gasteiger partial charge in [-0.25, -0.2) is 0 Å². The second-order valence-corrected chi connectivity index (χ2v) is 8.21. The lowest BCUT2D eigenvalue weighted by atomic mass is 10.1. The Morgan fingerprint density at radius 2 is 2.05 bits per heavy atom. The van der Waals surface area contributed by atoms with Gasteiger partial charge in [0.2, 0.25) is 0 Å². The summed E-state index contributed by atoms with van der Waals surface area (Å²) in [6.45, 7) is 3.59. The number of thiophene rings is 1. The first-order chi connectivity index (χ1) is 10.1. The van der Waals surface area contributed by atoms with Gasteiger partial charge < -0.3 is 10.1 Å². The van der Waals surface area contributed by atoms with Crippen molar-refractivity contribution in [2.75, 3.05) is 0 Å². The molecule has 1 aliphatic rings. The third kappa shape index (κ3) is 4.31. The number of nitrogens with one attached hydrogen (secondary N) is 1. The van der Waals surface area contributed by atoms with Gasteiger partial charge in [0.15, 0.2) is 0 Å². The lowest BCUT2D eigenvalue weighted by Gasteiger charge is -2.15. The molecule has 1 heterocycles. The minimum atomic E-state index is 0.620. The van der Waals surface area contributed by atoms with Crippen molar-refractivity contribution in [1.29, 1.82) is 0 Å². The molecule has 1 aliphatic carbocycles. The van der Waals surface area contributed by atoms with Crippen LogP contribution in [-0.4, -0.2) is 6.04 Å². The number of hydrogen-bond acceptors (Lipinski definition) is 3. The molecule has 0 amide bonds. The first-order valence-corrected chi connectivity index (χ1v) is 9.46. The van der Waals surface area contributed by atoms with Crippen molar-refractivity contribution in [2.45, 2.75) is 39.0 Å². The maximum absolute atomic E-state index is 6.10. The average molecular weight is 431 g/mol. The van der Waals surface area contributed by atoms with Crippen LogP contribution < -0.4 is 10.1 Å². The Morgan fingerprint density at radius 1 is 1.24 bits per heavy atom. The molecule has 0 unspecified atom stereocenters. The normalized spacial score (nSPS) is 14.4. The Morgan fingerprint density at radius 3 is 2.71 bits per heavy atom. The van der Waals surface area contributed by atoms with Crippen LogP contribution in [0.3, 0.4) is 0 Å². The van der Waals surface area contributed by atoms with Crippen molar-refractivity contribution < 1.29 is 4.74 Å².